The van der Waals surface area contributed by atoms with Crippen LogP contribution in [0.2, 0.25) is 0 Å². The van der Waals surface area contributed by atoms with E-state index in [0.717, 1.165) is 5.56 Å². The molecule has 1 aliphatic rings. The van der Waals surface area contributed by atoms with Gasteiger partial charge in [-0.25, -0.2) is 0 Å². The Morgan fingerprint density at radius 1 is 1.31 bits per heavy atom. The molecule has 2 atom stereocenters. The molecule has 0 bridgehead atoms. The predicted molar refractivity (Wildman–Crippen MR) is 58.5 cm³/mol. The van der Waals surface area contributed by atoms with E-state index in [4.69, 9.17) is 4.84 Å². The zero-order valence-electron chi connectivity index (χ0n) is 9.51. The van der Waals surface area contributed by atoms with Gasteiger partial charge in [0.15, 0.2) is 6.23 Å². The molecule has 2 rings (SSSR count). The van der Waals surface area contributed by atoms with E-state index in [1.165, 1.54) is 12.1 Å². The number of non-ortho nitro benzene ring substituents is 1. The van der Waals surface area contributed by atoms with Gasteiger partial charge in [-0.1, -0.05) is 0 Å². The lowest BCUT2D eigenvalue weighted by atomic mass is 10.1. The first-order valence-corrected chi connectivity index (χ1v) is 5.10. The van der Waals surface area contributed by atoms with E-state index in [2.05, 4.69) is 20.8 Å². The Labute approximate surface area is 93.7 Å². The number of rotatable bonds is 2. The van der Waals surface area contributed by atoms with E-state index < -0.39 is 4.92 Å². The largest absolute Gasteiger partial charge is 0.269 e. The lowest BCUT2D eigenvalue weighted by Gasteiger charge is -2.16. The molecule has 1 saturated heterocycles. The van der Waals surface area contributed by atoms with E-state index in [1.807, 2.05) is 5.06 Å². The van der Waals surface area contributed by atoms with Crippen LogP contribution in [-0.4, -0.2) is 15.5 Å². The highest BCUT2D eigenvalue weighted by Crippen LogP contribution is 2.43. The molecule has 16 heavy (non-hydrogen) atoms. The zero-order chi connectivity index (χ0) is 11.9. The second-order valence-electron chi connectivity index (χ2n) is 4.80. The Hall–Kier alpha value is -1.46. The molecule has 1 aliphatic heterocycles. The van der Waals surface area contributed by atoms with Crippen molar-refractivity contribution >= 4 is 5.69 Å². The molecule has 0 spiro atoms. The normalized spacial score (nSPS) is 24.2. The molecule has 0 saturated carbocycles. The van der Waals surface area contributed by atoms with Crippen molar-refractivity contribution in [2.75, 3.05) is 0 Å². The Balaban J connectivity index is 2.11. The highest BCUT2D eigenvalue weighted by Gasteiger charge is 2.45. The van der Waals surface area contributed by atoms with Crippen molar-refractivity contribution in [1.29, 1.82) is 0 Å². The minimum absolute atomic E-state index is 0.0492. The summed E-state index contributed by atoms with van der Waals surface area (Å²) in [6, 6.07) is 6.46. The van der Waals surface area contributed by atoms with Gasteiger partial charge in [-0.15, -0.1) is 5.06 Å². The van der Waals surface area contributed by atoms with Gasteiger partial charge in [-0.3, -0.25) is 15.0 Å². The molecule has 1 fully saturated rings. The topological polar surface area (TPSA) is 58.7 Å². The maximum absolute atomic E-state index is 10.5. The fourth-order valence-corrected chi connectivity index (χ4v) is 1.55. The monoisotopic (exact) mass is 222 g/mol. The number of benzene rings is 1. The summed E-state index contributed by atoms with van der Waals surface area (Å²) >= 11 is 0. The Bertz CT molecular complexity index is 408. The third-order valence-electron chi connectivity index (χ3n) is 2.43. The molecular weight excluding hydrogens is 208 g/mol. The molecule has 86 valence electrons. The van der Waals surface area contributed by atoms with Crippen LogP contribution in [0.15, 0.2) is 24.3 Å². The van der Waals surface area contributed by atoms with Crippen molar-refractivity contribution in [3.05, 3.63) is 39.9 Å². The molecule has 0 amide bonds. The van der Waals surface area contributed by atoms with E-state index in [1.54, 1.807) is 12.1 Å². The van der Waals surface area contributed by atoms with Crippen LogP contribution >= 0.6 is 0 Å². The molecule has 1 heterocycles. The van der Waals surface area contributed by atoms with Crippen LogP contribution in [0.5, 0.6) is 0 Å². The van der Waals surface area contributed by atoms with Crippen LogP contribution in [0, 0.1) is 10.1 Å². The summed E-state index contributed by atoms with van der Waals surface area (Å²) in [4.78, 5) is 15.5. The van der Waals surface area contributed by atoms with Gasteiger partial charge in [0.05, 0.1) is 4.92 Å². The van der Waals surface area contributed by atoms with Crippen LogP contribution in [0.3, 0.4) is 0 Å². The van der Waals surface area contributed by atoms with Crippen molar-refractivity contribution in [2.24, 2.45) is 0 Å². The molecule has 5 nitrogen and oxygen atoms in total. The summed E-state index contributed by atoms with van der Waals surface area (Å²) in [6.45, 7) is 6.16. The average molecular weight is 222 g/mol. The Kier molecular flexibility index (Phi) is 2.44. The Morgan fingerprint density at radius 2 is 1.88 bits per heavy atom. The van der Waals surface area contributed by atoms with E-state index in [0.29, 0.717) is 0 Å². The van der Waals surface area contributed by atoms with Gasteiger partial charge >= 0.3 is 0 Å². The van der Waals surface area contributed by atoms with Gasteiger partial charge in [-0.2, -0.15) is 0 Å². The fourth-order valence-electron chi connectivity index (χ4n) is 1.55. The molecule has 0 aromatic heterocycles. The van der Waals surface area contributed by atoms with Crippen LogP contribution in [-0.2, 0) is 4.84 Å². The minimum Gasteiger partial charge on any atom is -0.269 e. The van der Waals surface area contributed by atoms with Gasteiger partial charge in [0.2, 0.25) is 0 Å². The van der Waals surface area contributed by atoms with Crippen molar-refractivity contribution in [3.63, 3.8) is 0 Å². The number of hydrogen-bond donors (Lipinski definition) is 0. The summed E-state index contributed by atoms with van der Waals surface area (Å²) in [5, 5.41) is 12.4. The van der Waals surface area contributed by atoms with Crippen molar-refractivity contribution < 1.29 is 9.76 Å². The summed E-state index contributed by atoms with van der Waals surface area (Å²) in [7, 11) is 0. The Morgan fingerprint density at radius 3 is 2.25 bits per heavy atom. The number of hydrogen-bond acceptors (Lipinski definition) is 4. The van der Waals surface area contributed by atoms with Gasteiger partial charge in [0.25, 0.3) is 5.69 Å². The number of nitro benzene ring substituents is 1. The standard InChI is InChI=1S/C11H14N2O3/c1-11(2,3)12-10(16-12)8-4-6-9(7-5-8)13(14)15/h4-7,10H,1-3H3/t10-,12?/m0/s1. The summed E-state index contributed by atoms with van der Waals surface area (Å²) < 4.78 is 0. The van der Waals surface area contributed by atoms with Gasteiger partial charge in [0, 0.05) is 23.2 Å². The molecule has 5 heteroatoms. The van der Waals surface area contributed by atoms with E-state index >= 15 is 0 Å². The predicted octanol–water partition coefficient (Wildman–Crippen LogP) is 2.64. The SMILES string of the molecule is CC(C)(C)N1O[C@H]1c1ccc([N+](=O)[O-])cc1. The van der Waals surface area contributed by atoms with Gasteiger partial charge < -0.3 is 0 Å². The molecule has 0 N–H and O–H groups in total. The second-order valence-corrected chi connectivity index (χ2v) is 4.80. The minimum atomic E-state index is -0.404. The molecule has 1 unspecified atom stereocenters. The first-order chi connectivity index (χ1) is 7.39. The molecule has 1 aromatic carbocycles. The average Bonchev–Trinajstić information content (AvgIpc) is 2.96. The van der Waals surface area contributed by atoms with Gasteiger partial charge in [-0.05, 0) is 32.9 Å². The van der Waals surface area contributed by atoms with Crippen LogP contribution in [0.25, 0.3) is 0 Å². The third kappa shape index (κ3) is 2.05. The molecule has 0 radical (unpaired) electrons. The second kappa shape index (κ2) is 3.54. The molecular formula is C11H14N2O3. The fraction of sp³-hybridized carbons (Fsp3) is 0.455. The van der Waals surface area contributed by atoms with Crippen molar-refractivity contribution in [3.8, 4) is 0 Å². The highest BCUT2D eigenvalue weighted by molar-refractivity contribution is 5.34. The summed E-state index contributed by atoms with van der Waals surface area (Å²) in [6.07, 6.45) is -0.0687. The lowest BCUT2D eigenvalue weighted by Crippen LogP contribution is -2.25. The first kappa shape index (κ1) is 11.0. The smallest absolute Gasteiger partial charge is 0.269 e. The maximum atomic E-state index is 10.5. The highest BCUT2D eigenvalue weighted by atomic mass is 16.8. The first-order valence-electron chi connectivity index (χ1n) is 5.10. The number of hydroxylamine groups is 2. The third-order valence-corrected chi connectivity index (χ3v) is 2.43. The van der Waals surface area contributed by atoms with E-state index in [9.17, 15) is 10.1 Å². The van der Waals surface area contributed by atoms with Crippen LogP contribution < -0.4 is 0 Å². The van der Waals surface area contributed by atoms with Gasteiger partial charge in [0.1, 0.15) is 0 Å². The van der Waals surface area contributed by atoms with Crippen molar-refractivity contribution in [2.45, 2.75) is 32.5 Å². The number of nitrogens with zero attached hydrogens (tertiary/aromatic N) is 2. The summed E-state index contributed by atoms with van der Waals surface area (Å²) in [5.41, 5.74) is 0.999. The lowest BCUT2D eigenvalue weighted by molar-refractivity contribution is -0.384. The van der Waals surface area contributed by atoms with Crippen LogP contribution in [0.4, 0.5) is 5.69 Å². The maximum Gasteiger partial charge on any atom is 0.269 e. The van der Waals surface area contributed by atoms with Crippen molar-refractivity contribution in [1.82, 2.24) is 5.06 Å². The zero-order valence-corrected chi connectivity index (χ0v) is 9.51. The quantitative estimate of drug-likeness (QED) is 0.438. The molecule has 1 aromatic rings. The summed E-state index contributed by atoms with van der Waals surface area (Å²) in [5.74, 6) is 0. The number of nitro groups is 1. The molecule has 0 aliphatic carbocycles. The van der Waals surface area contributed by atoms with E-state index in [-0.39, 0.29) is 17.5 Å². The van der Waals surface area contributed by atoms with Crippen LogP contribution in [0.1, 0.15) is 32.6 Å².